The van der Waals surface area contributed by atoms with E-state index in [1.807, 2.05) is 0 Å². The molecule has 0 aliphatic carbocycles. The van der Waals surface area contributed by atoms with Crippen LogP contribution in [-0.4, -0.2) is 37.5 Å². The summed E-state index contributed by atoms with van der Waals surface area (Å²) in [6.07, 6.45) is 4.92. The first kappa shape index (κ1) is 16.3. The Balaban J connectivity index is 4.05. The van der Waals surface area contributed by atoms with E-state index in [1.54, 1.807) is 0 Å². The monoisotopic (exact) mass is 241 g/mol. The molecule has 17 heavy (non-hydrogen) atoms. The van der Waals surface area contributed by atoms with Crippen LogP contribution in [0.15, 0.2) is 4.99 Å². The zero-order valence-corrected chi connectivity index (χ0v) is 12.4. The van der Waals surface area contributed by atoms with Crippen LogP contribution in [0.25, 0.3) is 0 Å². The second-order valence-electron chi connectivity index (χ2n) is 5.05. The van der Waals surface area contributed by atoms with E-state index in [0.717, 1.165) is 31.5 Å². The van der Waals surface area contributed by atoms with Gasteiger partial charge in [0.05, 0.1) is 0 Å². The standard InChI is InChI=1S/C14H31N3/c1-6-8-12-17(5)14(15-7-2)16-11-9-10-13(3)4/h13H,6-12H2,1-5H3,(H,15,16). The van der Waals surface area contributed by atoms with Gasteiger partial charge in [-0.05, 0) is 32.1 Å². The van der Waals surface area contributed by atoms with Crippen molar-refractivity contribution < 1.29 is 0 Å². The van der Waals surface area contributed by atoms with Crippen molar-refractivity contribution in [2.45, 2.75) is 53.4 Å². The van der Waals surface area contributed by atoms with Crippen LogP contribution in [-0.2, 0) is 0 Å². The lowest BCUT2D eigenvalue weighted by Crippen LogP contribution is -2.39. The summed E-state index contributed by atoms with van der Waals surface area (Å²) in [7, 11) is 2.12. The molecule has 0 aromatic rings. The number of nitrogens with one attached hydrogen (secondary N) is 1. The Hall–Kier alpha value is -0.730. The normalized spacial score (nSPS) is 12.0. The quantitative estimate of drug-likeness (QED) is 0.402. The molecule has 0 bridgehead atoms. The molecule has 0 heterocycles. The third-order valence-corrected chi connectivity index (χ3v) is 2.74. The predicted molar refractivity (Wildman–Crippen MR) is 77.6 cm³/mol. The maximum Gasteiger partial charge on any atom is 0.193 e. The summed E-state index contributed by atoms with van der Waals surface area (Å²) in [5.41, 5.74) is 0. The number of hydrogen-bond acceptors (Lipinski definition) is 1. The summed E-state index contributed by atoms with van der Waals surface area (Å²) in [6.45, 7) is 11.9. The molecule has 0 atom stereocenters. The molecule has 0 saturated heterocycles. The second kappa shape index (κ2) is 10.4. The van der Waals surface area contributed by atoms with Crippen LogP contribution in [0.4, 0.5) is 0 Å². The van der Waals surface area contributed by atoms with Crippen molar-refractivity contribution in [1.82, 2.24) is 10.2 Å². The Kier molecular flexibility index (Phi) is 9.98. The van der Waals surface area contributed by atoms with Gasteiger partial charge >= 0.3 is 0 Å². The molecule has 102 valence electrons. The van der Waals surface area contributed by atoms with Crippen molar-refractivity contribution in [2.24, 2.45) is 10.9 Å². The lowest BCUT2D eigenvalue weighted by Gasteiger charge is -2.21. The van der Waals surface area contributed by atoms with E-state index in [-0.39, 0.29) is 0 Å². The highest BCUT2D eigenvalue weighted by atomic mass is 15.3. The number of unbranched alkanes of at least 4 members (excludes halogenated alkanes) is 1. The van der Waals surface area contributed by atoms with Gasteiger partial charge in [-0.15, -0.1) is 0 Å². The summed E-state index contributed by atoms with van der Waals surface area (Å²) in [5.74, 6) is 1.84. The number of nitrogens with zero attached hydrogens (tertiary/aromatic N) is 2. The molecule has 0 radical (unpaired) electrons. The van der Waals surface area contributed by atoms with Gasteiger partial charge in [-0.25, -0.2) is 0 Å². The fourth-order valence-corrected chi connectivity index (χ4v) is 1.66. The van der Waals surface area contributed by atoms with Crippen LogP contribution in [0.1, 0.15) is 53.4 Å². The first-order valence-corrected chi connectivity index (χ1v) is 7.11. The molecule has 0 aromatic heterocycles. The molecule has 0 unspecified atom stereocenters. The van der Waals surface area contributed by atoms with E-state index in [0.29, 0.717) is 0 Å². The van der Waals surface area contributed by atoms with Crippen LogP contribution in [0.5, 0.6) is 0 Å². The van der Waals surface area contributed by atoms with E-state index in [1.165, 1.54) is 25.7 Å². The van der Waals surface area contributed by atoms with Gasteiger partial charge in [-0.3, -0.25) is 4.99 Å². The molecular weight excluding hydrogens is 210 g/mol. The van der Waals surface area contributed by atoms with Gasteiger partial charge in [0, 0.05) is 26.7 Å². The molecular formula is C14H31N3. The topological polar surface area (TPSA) is 27.6 Å². The smallest absolute Gasteiger partial charge is 0.193 e. The van der Waals surface area contributed by atoms with Gasteiger partial charge in [-0.1, -0.05) is 27.2 Å². The first-order chi connectivity index (χ1) is 8.11. The van der Waals surface area contributed by atoms with Crippen molar-refractivity contribution in [3.63, 3.8) is 0 Å². The molecule has 0 amide bonds. The van der Waals surface area contributed by atoms with Crippen LogP contribution in [0.2, 0.25) is 0 Å². The zero-order valence-electron chi connectivity index (χ0n) is 12.4. The minimum Gasteiger partial charge on any atom is -0.357 e. The van der Waals surface area contributed by atoms with Gasteiger partial charge in [0.15, 0.2) is 5.96 Å². The fraction of sp³-hybridized carbons (Fsp3) is 0.929. The lowest BCUT2D eigenvalue weighted by molar-refractivity contribution is 0.463. The number of hydrogen-bond donors (Lipinski definition) is 1. The van der Waals surface area contributed by atoms with Crippen molar-refractivity contribution in [3.8, 4) is 0 Å². The average molecular weight is 241 g/mol. The summed E-state index contributed by atoms with van der Waals surface area (Å²) in [4.78, 5) is 6.91. The molecule has 3 nitrogen and oxygen atoms in total. The third kappa shape index (κ3) is 9.02. The summed E-state index contributed by atoms with van der Waals surface area (Å²) < 4.78 is 0. The molecule has 0 fully saturated rings. The van der Waals surface area contributed by atoms with Crippen molar-refractivity contribution in [1.29, 1.82) is 0 Å². The van der Waals surface area contributed by atoms with Crippen LogP contribution < -0.4 is 5.32 Å². The number of rotatable bonds is 8. The summed E-state index contributed by atoms with van der Waals surface area (Å²) in [5, 5.41) is 3.36. The maximum atomic E-state index is 4.67. The van der Waals surface area contributed by atoms with Crippen molar-refractivity contribution >= 4 is 5.96 Å². The molecule has 3 heteroatoms. The van der Waals surface area contributed by atoms with E-state index < -0.39 is 0 Å². The van der Waals surface area contributed by atoms with Crippen molar-refractivity contribution in [2.75, 3.05) is 26.7 Å². The molecule has 0 aliphatic rings. The highest BCUT2D eigenvalue weighted by Crippen LogP contribution is 2.03. The predicted octanol–water partition coefficient (Wildman–Crippen LogP) is 3.12. The molecule has 0 rings (SSSR count). The Morgan fingerprint density at radius 1 is 1.24 bits per heavy atom. The van der Waals surface area contributed by atoms with E-state index in [2.05, 4.69) is 50.0 Å². The van der Waals surface area contributed by atoms with Crippen LogP contribution in [0, 0.1) is 5.92 Å². The van der Waals surface area contributed by atoms with Gasteiger partial charge < -0.3 is 10.2 Å². The van der Waals surface area contributed by atoms with Crippen LogP contribution in [0.3, 0.4) is 0 Å². The summed E-state index contributed by atoms with van der Waals surface area (Å²) in [6, 6.07) is 0. The zero-order chi connectivity index (χ0) is 13.1. The second-order valence-corrected chi connectivity index (χ2v) is 5.05. The molecule has 0 spiro atoms. The van der Waals surface area contributed by atoms with Gasteiger partial charge in [0.1, 0.15) is 0 Å². The van der Waals surface area contributed by atoms with Gasteiger partial charge in [-0.2, -0.15) is 0 Å². The van der Waals surface area contributed by atoms with Crippen molar-refractivity contribution in [3.05, 3.63) is 0 Å². The third-order valence-electron chi connectivity index (χ3n) is 2.74. The minimum atomic E-state index is 0.783. The van der Waals surface area contributed by atoms with E-state index in [4.69, 9.17) is 0 Å². The molecule has 0 aliphatic heterocycles. The Bertz CT molecular complexity index is 200. The Morgan fingerprint density at radius 2 is 1.94 bits per heavy atom. The highest BCUT2D eigenvalue weighted by Gasteiger charge is 2.04. The number of aliphatic imine (C=N–C) groups is 1. The lowest BCUT2D eigenvalue weighted by atomic mass is 10.1. The summed E-state index contributed by atoms with van der Waals surface area (Å²) >= 11 is 0. The van der Waals surface area contributed by atoms with Gasteiger partial charge in [0.25, 0.3) is 0 Å². The number of guanidine groups is 1. The minimum absolute atomic E-state index is 0.783. The first-order valence-electron chi connectivity index (χ1n) is 7.11. The van der Waals surface area contributed by atoms with Gasteiger partial charge in [0.2, 0.25) is 0 Å². The SMILES string of the molecule is CCCCN(C)C(=NCCCC(C)C)NCC. The average Bonchev–Trinajstić information content (AvgIpc) is 2.29. The fourth-order valence-electron chi connectivity index (χ4n) is 1.66. The molecule has 0 saturated carbocycles. The Labute approximate surface area is 108 Å². The maximum absolute atomic E-state index is 4.67. The Morgan fingerprint density at radius 3 is 2.47 bits per heavy atom. The largest absolute Gasteiger partial charge is 0.357 e. The van der Waals surface area contributed by atoms with E-state index >= 15 is 0 Å². The molecule has 0 aromatic carbocycles. The molecule has 1 N–H and O–H groups in total. The van der Waals surface area contributed by atoms with E-state index in [9.17, 15) is 0 Å². The van der Waals surface area contributed by atoms with Crippen LogP contribution >= 0.6 is 0 Å². The highest BCUT2D eigenvalue weighted by molar-refractivity contribution is 5.79.